The molecule has 2 fully saturated rings. The molecule has 1 saturated heterocycles. The van der Waals surface area contributed by atoms with Crippen molar-refractivity contribution in [1.82, 2.24) is 4.90 Å². The monoisotopic (exact) mass is 281 g/mol. The smallest absolute Gasteiger partial charge is 0.334 e. The summed E-state index contributed by atoms with van der Waals surface area (Å²) in [5.41, 5.74) is -0.285. The van der Waals surface area contributed by atoms with Crippen molar-refractivity contribution in [2.45, 2.75) is 58.4 Å². The number of likely N-dealkylation sites (tertiary alicyclic amines) is 1. The zero-order valence-corrected chi connectivity index (χ0v) is 11.4. The lowest BCUT2D eigenvalue weighted by Gasteiger charge is -2.39. The topological polar surface area (TPSA) is 20.3 Å². The third-order valence-electron chi connectivity index (χ3n) is 4.23. The maximum atomic E-state index is 13.2. The van der Waals surface area contributed by atoms with Gasteiger partial charge in [0.2, 0.25) is 0 Å². The minimum Gasteiger partial charge on any atom is -0.334 e. The largest absolute Gasteiger partial charge is 0.383 e. The van der Waals surface area contributed by atoms with Crippen LogP contribution < -0.4 is 0 Å². The number of halogens is 4. The van der Waals surface area contributed by atoms with Crippen LogP contribution in [0.3, 0.4) is 0 Å². The first kappa shape index (κ1) is 14.6. The molecule has 1 heterocycles. The Morgan fingerprint density at radius 3 is 2.37 bits per heavy atom. The number of hydrogen-bond acceptors (Lipinski definition) is 1. The molecule has 0 radical (unpaired) electrons. The van der Waals surface area contributed by atoms with E-state index in [4.69, 9.17) is 0 Å². The van der Waals surface area contributed by atoms with Gasteiger partial charge in [-0.05, 0) is 30.1 Å². The highest BCUT2D eigenvalue weighted by molar-refractivity contribution is 5.84. The maximum absolute atomic E-state index is 13.2. The Bertz CT molecular complexity index is 396. The molecule has 2 unspecified atom stereocenters. The van der Waals surface area contributed by atoms with E-state index >= 15 is 0 Å². The van der Waals surface area contributed by atoms with Crippen LogP contribution in [0, 0.1) is 10.8 Å². The number of rotatable bonds is 2. The number of nitrogens with zero attached hydrogens (tertiary/aromatic N) is 1. The van der Waals surface area contributed by atoms with Crippen LogP contribution in [0.15, 0.2) is 0 Å². The van der Waals surface area contributed by atoms with Gasteiger partial charge in [0.25, 0.3) is 5.91 Å². The molecule has 6 heteroatoms. The van der Waals surface area contributed by atoms with Gasteiger partial charge in [0.05, 0.1) is 0 Å². The first-order valence-corrected chi connectivity index (χ1v) is 6.44. The summed E-state index contributed by atoms with van der Waals surface area (Å²) in [6, 6.07) is -0.342. The fourth-order valence-corrected chi connectivity index (χ4v) is 3.98. The summed E-state index contributed by atoms with van der Waals surface area (Å²) in [6.45, 7) is 6.14. The Morgan fingerprint density at radius 1 is 1.26 bits per heavy atom. The predicted molar refractivity (Wildman–Crippen MR) is 62.2 cm³/mol. The SMILES string of the molecule is CC1(C)CC2CC(C)(CN2C(=O)C(F)(F)C(F)F)C1. The van der Waals surface area contributed by atoms with E-state index in [1.54, 1.807) is 0 Å². The normalized spacial score (nSPS) is 33.9. The van der Waals surface area contributed by atoms with Gasteiger partial charge in [-0.3, -0.25) is 4.79 Å². The summed E-state index contributed by atoms with van der Waals surface area (Å²) < 4.78 is 51.1. The van der Waals surface area contributed by atoms with Crippen LogP contribution in [0.5, 0.6) is 0 Å². The van der Waals surface area contributed by atoms with Gasteiger partial charge >= 0.3 is 12.3 Å². The lowest BCUT2D eigenvalue weighted by molar-refractivity contribution is -0.181. The third-order valence-corrected chi connectivity index (χ3v) is 4.23. The molecule has 1 amide bonds. The van der Waals surface area contributed by atoms with E-state index in [1.807, 2.05) is 20.8 Å². The summed E-state index contributed by atoms with van der Waals surface area (Å²) in [4.78, 5) is 12.7. The molecule has 1 aliphatic heterocycles. The Labute approximate surface area is 110 Å². The van der Waals surface area contributed by atoms with Gasteiger partial charge < -0.3 is 4.90 Å². The van der Waals surface area contributed by atoms with Crippen LogP contribution >= 0.6 is 0 Å². The summed E-state index contributed by atoms with van der Waals surface area (Å²) >= 11 is 0. The predicted octanol–water partition coefficient (Wildman–Crippen LogP) is 3.31. The van der Waals surface area contributed by atoms with Crippen molar-refractivity contribution in [1.29, 1.82) is 0 Å². The van der Waals surface area contributed by atoms with Crippen molar-refractivity contribution >= 4 is 5.91 Å². The molecule has 0 aromatic heterocycles. The maximum Gasteiger partial charge on any atom is 0.383 e. The molecular formula is C13H19F4NO. The van der Waals surface area contributed by atoms with Crippen molar-refractivity contribution in [2.24, 2.45) is 10.8 Å². The zero-order chi connectivity index (χ0) is 14.6. The second-order valence-corrected chi connectivity index (χ2v) is 7.07. The van der Waals surface area contributed by atoms with E-state index in [-0.39, 0.29) is 23.4 Å². The van der Waals surface area contributed by atoms with E-state index in [2.05, 4.69) is 0 Å². The van der Waals surface area contributed by atoms with Crippen molar-refractivity contribution in [3.63, 3.8) is 0 Å². The van der Waals surface area contributed by atoms with Gasteiger partial charge in [0, 0.05) is 12.6 Å². The highest BCUT2D eigenvalue weighted by atomic mass is 19.3. The highest BCUT2D eigenvalue weighted by Crippen LogP contribution is 2.53. The van der Waals surface area contributed by atoms with Gasteiger partial charge in [0.1, 0.15) is 0 Å². The molecule has 0 spiro atoms. The Balaban J connectivity index is 2.23. The molecule has 2 atom stereocenters. The second-order valence-electron chi connectivity index (χ2n) is 7.07. The van der Waals surface area contributed by atoms with Crippen LogP contribution in [0.25, 0.3) is 0 Å². The first-order chi connectivity index (χ1) is 8.47. The Morgan fingerprint density at radius 2 is 1.84 bits per heavy atom. The number of alkyl halides is 4. The molecule has 2 nitrogen and oxygen atoms in total. The van der Waals surface area contributed by atoms with E-state index in [1.165, 1.54) is 0 Å². The molecular weight excluding hydrogens is 262 g/mol. The van der Waals surface area contributed by atoms with Gasteiger partial charge in [-0.25, -0.2) is 8.78 Å². The standard InChI is InChI=1S/C13H19F4NO/c1-11(2)4-8-5-12(3,6-11)7-18(8)10(19)13(16,17)9(14)15/h8-9H,4-7H2,1-3H3. The number of carbonyl (C=O) groups excluding carboxylic acids is 1. The molecule has 2 bridgehead atoms. The first-order valence-electron chi connectivity index (χ1n) is 6.44. The fourth-order valence-electron chi connectivity index (χ4n) is 3.98. The van der Waals surface area contributed by atoms with Crippen molar-refractivity contribution < 1.29 is 22.4 Å². The summed E-state index contributed by atoms with van der Waals surface area (Å²) in [7, 11) is 0. The second kappa shape index (κ2) is 4.09. The summed E-state index contributed by atoms with van der Waals surface area (Å²) in [5, 5.41) is 0. The fraction of sp³-hybridized carbons (Fsp3) is 0.923. The van der Waals surface area contributed by atoms with E-state index in [0.29, 0.717) is 12.8 Å². The van der Waals surface area contributed by atoms with Crippen molar-refractivity contribution in [2.75, 3.05) is 6.54 Å². The van der Waals surface area contributed by atoms with Crippen LogP contribution in [-0.4, -0.2) is 35.7 Å². The Hall–Kier alpha value is -0.810. The van der Waals surface area contributed by atoms with Crippen LogP contribution in [0.2, 0.25) is 0 Å². The molecule has 19 heavy (non-hydrogen) atoms. The number of carbonyl (C=O) groups is 1. The van der Waals surface area contributed by atoms with Gasteiger partial charge in [-0.2, -0.15) is 8.78 Å². The lowest BCUT2D eigenvalue weighted by Crippen LogP contribution is -2.49. The molecule has 0 aromatic carbocycles. The third kappa shape index (κ3) is 2.46. The van der Waals surface area contributed by atoms with E-state index in [0.717, 1.165) is 11.3 Å². The molecule has 1 saturated carbocycles. The molecule has 0 N–H and O–H groups in total. The molecule has 110 valence electrons. The van der Waals surface area contributed by atoms with Crippen molar-refractivity contribution in [3.8, 4) is 0 Å². The van der Waals surface area contributed by atoms with Gasteiger partial charge in [-0.1, -0.05) is 20.8 Å². The minimum absolute atomic E-state index is 0.0488. The van der Waals surface area contributed by atoms with Gasteiger partial charge in [-0.15, -0.1) is 0 Å². The quantitative estimate of drug-likeness (QED) is 0.711. The molecule has 2 aliphatic rings. The molecule has 0 aromatic rings. The summed E-state index contributed by atoms with van der Waals surface area (Å²) in [6.07, 6.45) is -1.91. The minimum atomic E-state index is -4.57. The van der Waals surface area contributed by atoms with Crippen molar-refractivity contribution in [3.05, 3.63) is 0 Å². The van der Waals surface area contributed by atoms with E-state index < -0.39 is 18.3 Å². The highest BCUT2D eigenvalue weighted by Gasteiger charge is 2.58. The number of hydrogen-bond donors (Lipinski definition) is 0. The van der Waals surface area contributed by atoms with Gasteiger partial charge in [0.15, 0.2) is 0 Å². The molecule has 2 rings (SSSR count). The number of fused-ring (bicyclic) bond motifs is 2. The summed E-state index contributed by atoms with van der Waals surface area (Å²) in [5.74, 6) is -6.29. The zero-order valence-electron chi connectivity index (χ0n) is 11.4. The van der Waals surface area contributed by atoms with E-state index in [9.17, 15) is 22.4 Å². The average molecular weight is 281 g/mol. The average Bonchev–Trinajstić information content (AvgIpc) is 2.46. The molecule has 1 aliphatic carbocycles. The van der Waals surface area contributed by atoms with Crippen LogP contribution in [-0.2, 0) is 4.79 Å². The lowest BCUT2D eigenvalue weighted by atomic mass is 9.65. The van der Waals surface area contributed by atoms with Crippen LogP contribution in [0.1, 0.15) is 40.0 Å². The number of amides is 1. The Kier molecular flexibility index (Phi) is 3.14. The van der Waals surface area contributed by atoms with Crippen LogP contribution in [0.4, 0.5) is 17.6 Å².